The van der Waals surface area contributed by atoms with E-state index in [9.17, 15) is 10.0 Å². The van der Waals surface area contributed by atoms with Gasteiger partial charge in [-0.3, -0.25) is 15.3 Å². The molecule has 0 aromatic carbocycles. The fraction of sp³-hybridized carbons (Fsp3) is 0.188. The molecule has 3 rings (SSSR count). The topological polar surface area (TPSA) is 110 Å². The van der Waals surface area contributed by atoms with Crippen molar-refractivity contribution in [2.75, 3.05) is 19.5 Å². The molecule has 0 spiro atoms. The van der Waals surface area contributed by atoms with Crippen LogP contribution in [-0.2, 0) is 0 Å². The van der Waals surface area contributed by atoms with Crippen molar-refractivity contribution in [1.82, 2.24) is 15.2 Å². The summed E-state index contributed by atoms with van der Waals surface area (Å²) in [5, 5.41) is 21.1. The first-order valence-electron chi connectivity index (χ1n) is 7.57. The minimum atomic E-state index is -0.499. The highest BCUT2D eigenvalue weighted by Gasteiger charge is 2.24. The Labute approximate surface area is 163 Å². The molecule has 11 heteroatoms. The van der Waals surface area contributed by atoms with E-state index in [1.54, 1.807) is 19.1 Å². The largest absolute Gasteiger partial charge is 0.494 e. The molecular formula is C16H15ClN5O4S+. The summed E-state index contributed by atoms with van der Waals surface area (Å²) in [6.45, 7) is 1.69. The zero-order valence-corrected chi connectivity index (χ0v) is 16.1. The second kappa shape index (κ2) is 7.72. The van der Waals surface area contributed by atoms with Gasteiger partial charge in [-0.15, -0.1) is 5.10 Å². The van der Waals surface area contributed by atoms with Gasteiger partial charge in [0.25, 0.3) is 11.1 Å². The Morgan fingerprint density at radius 2 is 2.04 bits per heavy atom. The van der Waals surface area contributed by atoms with E-state index in [2.05, 4.69) is 20.5 Å². The normalized spacial score (nSPS) is 10.5. The molecule has 9 nitrogen and oxygen atoms in total. The summed E-state index contributed by atoms with van der Waals surface area (Å²) < 4.78 is 11.2. The molecule has 0 atom stereocenters. The van der Waals surface area contributed by atoms with Crippen LogP contribution in [0, 0.1) is 6.92 Å². The third kappa shape index (κ3) is 3.91. The minimum absolute atomic E-state index is 0.179. The molecule has 1 amide bonds. The SMILES string of the molecule is COc1nnc(NC(=O)c2c[n+](O)c(C)cc2-c2cc(Cl)ncc2OC)s1. The van der Waals surface area contributed by atoms with Crippen molar-refractivity contribution in [3.63, 3.8) is 0 Å². The van der Waals surface area contributed by atoms with Crippen LogP contribution in [-0.4, -0.2) is 40.5 Å². The van der Waals surface area contributed by atoms with Gasteiger partial charge in [-0.05, 0) is 17.4 Å². The van der Waals surface area contributed by atoms with Crippen LogP contribution in [0.25, 0.3) is 11.1 Å². The number of amides is 1. The number of hydrogen-bond acceptors (Lipinski definition) is 8. The lowest BCUT2D eigenvalue weighted by molar-refractivity contribution is -0.908. The molecule has 0 radical (unpaired) electrons. The number of anilines is 1. The highest BCUT2D eigenvalue weighted by Crippen LogP contribution is 2.34. The Morgan fingerprint density at radius 1 is 1.26 bits per heavy atom. The van der Waals surface area contributed by atoms with E-state index in [0.717, 1.165) is 16.1 Å². The van der Waals surface area contributed by atoms with E-state index < -0.39 is 5.91 Å². The van der Waals surface area contributed by atoms with Gasteiger partial charge in [0.1, 0.15) is 16.5 Å². The summed E-state index contributed by atoms with van der Waals surface area (Å²) in [5.41, 5.74) is 1.75. The van der Waals surface area contributed by atoms with E-state index in [1.165, 1.54) is 26.6 Å². The molecular weight excluding hydrogens is 394 g/mol. The van der Waals surface area contributed by atoms with Crippen molar-refractivity contribution in [3.8, 4) is 22.1 Å². The molecule has 0 aliphatic carbocycles. The maximum atomic E-state index is 12.8. The van der Waals surface area contributed by atoms with E-state index >= 15 is 0 Å². The first-order valence-corrected chi connectivity index (χ1v) is 8.76. The number of carbonyl (C=O) groups is 1. The highest BCUT2D eigenvalue weighted by atomic mass is 35.5. The molecule has 0 unspecified atom stereocenters. The van der Waals surface area contributed by atoms with Crippen LogP contribution in [0.5, 0.6) is 10.9 Å². The number of aryl methyl sites for hydroxylation is 1. The molecule has 3 aromatic rings. The number of ether oxygens (including phenoxy) is 2. The van der Waals surface area contributed by atoms with Crippen molar-refractivity contribution in [3.05, 3.63) is 40.9 Å². The quantitative estimate of drug-likeness (QED) is 0.378. The average Bonchev–Trinajstić information content (AvgIpc) is 3.11. The molecule has 0 bridgehead atoms. The molecule has 3 heterocycles. The van der Waals surface area contributed by atoms with Crippen molar-refractivity contribution >= 4 is 34.0 Å². The molecule has 0 saturated carbocycles. The summed E-state index contributed by atoms with van der Waals surface area (Å²) >= 11 is 7.10. The third-order valence-corrected chi connectivity index (χ3v) is 4.65. The predicted octanol–water partition coefficient (Wildman–Crippen LogP) is 2.36. The van der Waals surface area contributed by atoms with E-state index in [1.807, 2.05) is 0 Å². The molecule has 27 heavy (non-hydrogen) atoms. The Balaban J connectivity index is 2.08. The van der Waals surface area contributed by atoms with Gasteiger partial charge in [-0.2, -0.15) is 0 Å². The van der Waals surface area contributed by atoms with Crippen LogP contribution in [0.2, 0.25) is 5.15 Å². The van der Waals surface area contributed by atoms with E-state index in [4.69, 9.17) is 21.1 Å². The van der Waals surface area contributed by atoms with Crippen LogP contribution in [0.1, 0.15) is 16.1 Å². The molecule has 3 aromatic heterocycles. The summed E-state index contributed by atoms with van der Waals surface area (Å²) in [7, 11) is 2.95. The minimum Gasteiger partial charge on any atom is -0.494 e. The van der Waals surface area contributed by atoms with Crippen LogP contribution in [0.4, 0.5) is 5.13 Å². The maximum Gasteiger partial charge on any atom is 0.295 e. The lowest BCUT2D eigenvalue weighted by Crippen LogP contribution is -2.35. The lowest BCUT2D eigenvalue weighted by Gasteiger charge is -2.11. The fourth-order valence-electron chi connectivity index (χ4n) is 2.35. The molecule has 140 valence electrons. The van der Waals surface area contributed by atoms with Crippen LogP contribution in [0.15, 0.2) is 24.5 Å². The van der Waals surface area contributed by atoms with Gasteiger partial charge in [0.05, 0.1) is 20.4 Å². The highest BCUT2D eigenvalue weighted by molar-refractivity contribution is 7.17. The van der Waals surface area contributed by atoms with Crippen LogP contribution >= 0.6 is 22.9 Å². The molecule has 0 fully saturated rings. The van der Waals surface area contributed by atoms with Crippen molar-refractivity contribution in [1.29, 1.82) is 0 Å². The first-order chi connectivity index (χ1) is 12.9. The number of aromatic nitrogens is 4. The van der Waals surface area contributed by atoms with E-state index in [0.29, 0.717) is 27.8 Å². The number of nitrogens with one attached hydrogen (secondary N) is 1. The van der Waals surface area contributed by atoms with Gasteiger partial charge < -0.3 is 9.47 Å². The smallest absolute Gasteiger partial charge is 0.295 e. The van der Waals surface area contributed by atoms with Gasteiger partial charge in [0, 0.05) is 28.8 Å². The Bertz CT molecular complexity index is 1010. The predicted molar refractivity (Wildman–Crippen MR) is 97.8 cm³/mol. The van der Waals surface area contributed by atoms with Gasteiger partial charge in [-0.25, -0.2) is 4.98 Å². The van der Waals surface area contributed by atoms with Crippen LogP contribution < -0.4 is 19.5 Å². The number of carbonyl (C=O) groups excluding carboxylic acids is 1. The standard InChI is InChI=1S/C16H14ClN5O4S/c1-8-4-9(10-5-13(17)18-6-12(10)25-2)11(7-22(8)24)14(23)19-15-20-21-16(26-3)27-15/h4-7H,1-3H3,(H-,18,19,20,23,24)/p+1. The van der Waals surface area contributed by atoms with Gasteiger partial charge in [0.2, 0.25) is 17.0 Å². The Morgan fingerprint density at radius 3 is 2.70 bits per heavy atom. The molecule has 0 saturated heterocycles. The molecule has 0 aliphatic heterocycles. The van der Waals surface area contributed by atoms with Crippen molar-refractivity contribution in [2.24, 2.45) is 0 Å². The van der Waals surface area contributed by atoms with Gasteiger partial charge in [0.15, 0.2) is 0 Å². The Hall–Kier alpha value is -2.98. The number of nitrogens with zero attached hydrogens (tertiary/aromatic N) is 4. The Kier molecular flexibility index (Phi) is 5.38. The van der Waals surface area contributed by atoms with Crippen LogP contribution in [0.3, 0.4) is 0 Å². The summed E-state index contributed by atoms with van der Waals surface area (Å²) in [4.78, 5) is 16.8. The van der Waals surface area contributed by atoms with Gasteiger partial charge in [-0.1, -0.05) is 16.7 Å². The zero-order chi connectivity index (χ0) is 19.6. The third-order valence-electron chi connectivity index (χ3n) is 3.65. The number of methoxy groups -OCH3 is 2. The summed E-state index contributed by atoms with van der Waals surface area (Å²) in [6, 6.07) is 3.23. The molecule has 2 N–H and O–H groups in total. The maximum absolute atomic E-state index is 12.8. The second-order valence-corrected chi connectivity index (χ2v) is 6.65. The lowest BCUT2D eigenvalue weighted by atomic mass is 10.0. The number of hydrogen-bond donors (Lipinski definition) is 2. The number of rotatable bonds is 5. The zero-order valence-electron chi connectivity index (χ0n) is 14.6. The summed E-state index contributed by atoms with van der Waals surface area (Å²) in [6.07, 6.45) is 2.76. The van der Waals surface area contributed by atoms with Crippen molar-refractivity contribution < 1.29 is 24.2 Å². The van der Waals surface area contributed by atoms with Crippen molar-refractivity contribution in [2.45, 2.75) is 6.92 Å². The number of pyridine rings is 2. The van der Waals surface area contributed by atoms with Gasteiger partial charge >= 0.3 is 0 Å². The summed E-state index contributed by atoms with van der Waals surface area (Å²) in [5.74, 6) is -0.0669. The van der Waals surface area contributed by atoms with E-state index in [-0.39, 0.29) is 15.8 Å². The average molecular weight is 409 g/mol. The first kappa shape index (κ1) is 18.8. The molecule has 0 aliphatic rings. The number of halogens is 1. The monoisotopic (exact) mass is 408 g/mol. The second-order valence-electron chi connectivity index (χ2n) is 5.33. The fourth-order valence-corrected chi connectivity index (χ4v) is 3.06.